The molecule has 1 fully saturated rings. The smallest absolute Gasteiger partial charge is 0.144 e. The largest absolute Gasteiger partial charge is 0.361 e. The van der Waals surface area contributed by atoms with Crippen molar-refractivity contribution in [3.05, 3.63) is 17.5 Å². The van der Waals surface area contributed by atoms with Gasteiger partial charge in [-0.3, -0.25) is 0 Å². The van der Waals surface area contributed by atoms with Crippen LogP contribution in [0.2, 0.25) is 0 Å². The van der Waals surface area contributed by atoms with Gasteiger partial charge in [0, 0.05) is 18.0 Å². The maximum atomic E-state index is 5.42. The Morgan fingerprint density at radius 1 is 1.60 bits per heavy atom. The summed E-state index contributed by atoms with van der Waals surface area (Å²) < 4.78 is 5.42. The van der Waals surface area contributed by atoms with E-state index in [2.05, 4.69) is 24.3 Å². The van der Waals surface area contributed by atoms with Crippen LogP contribution in [0.3, 0.4) is 0 Å². The Bertz CT molecular complexity index is 300. The summed E-state index contributed by atoms with van der Waals surface area (Å²) in [5.74, 6) is 2.32. The minimum absolute atomic E-state index is 0.537. The molecular weight excluding hydrogens is 188 g/mol. The van der Waals surface area contributed by atoms with Gasteiger partial charge in [-0.05, 0) is 31.7 Å². The van der Waals surface area contributed by atoms with Crippen LogP contribution in [0.25, 0.3) is 0 Å². The van der Waals surface area contributed by atoms with E-state index >= 15 is 0 Å². The van der Waals surface area contributed by atoms with Crippen molar-refractivity contribution in [1.82, 2.24) is 10.5 Å². The third kappa shape index (κ3) is 2.59. The Balaban J connectivity index is 2.09. The summed E-state index contributed by atoms with van der Waals surface area (Å²) in [7, 11) is 0. The zero-order chi connectivity index (χ0) is 10.7. The minimum Gasteiger partial charge on any atom is -0.361 e. The highest BCUT2D eigenvalue weighted by atomic mass is 16.5. The van der Waals surface area contributed by atoms with E-state index in [0.29, 0.717) is 11.8 Å². The van der Waals surface area contributed by atoms with E-state index in [1.807, 2.05) is 6.20 Å². The second-order valence-corrected chi connectivity index (χ2v) is 4.86. The Labute approximate surface area is 91.2 Å². The van der Waals surface area contributed by atoms with Gasteiger partial charge in [-0.15, -0.1) is 0 Å². The van der Waals surface area contributed by atoms with E-state index in [0.717, 1.165) is 25.3 Å². The molecule has 2 rings (SSSR count). The standard InChI is InChI=1S/C12H20N2O/c1-9(2)6-11-8-14-15-12(11)10-4-3-5-13-7-10/h8-10,13H,3-7H2,1-2H3. The van der Waals surface area contributed by atoms with Crippen LogP contribution in [-0.4, -0.2) is 18.2 Å². The number of rotatable bonds is 3. The molecule has 15 heavy (non-hydrogen) atoms. The van der Waals surface area contributed by atoms with Gasteiger partial charge in [0.25, 0.3) is 0 Å². The minimum atomic E-state index is 0.537. The van der Waals surface area contributed by atoms with Crippen LogP contribution >= 0.6 is 0 Å². The van der Waals surface area contributed by atoms with Crippen molar-refractivity contribution in [1.29, 1.82) is 0 Å². The summed E-state index contributed by atoms with van der Waals surface area (Å²) in [6, 6.07) is 0. The monoisotopic (exact) mass is 208 g/mol. The molecule has 2 heterocycles. The quantitative estimate of drug-likeness (QED) is 0.828. The number of hydrogen-bond acceptors (Lipinski definition) is 3. The molecule has 3 nitrogen and oxygen atoms in total. The highest BCUT2D eigenvalue weighted by Crippen LogP contribution is 2.27. The van der Waals surface area contributed by atoms with E-state index in [1.54, 1.807) is 0 Å². The predicted molar refractivity (Wildman–Crippen MR) is 59.9 cm³/mol. The van der Waals surface area contributed by atoms with Crippen LogP contribution in [0.4, 0.5) is 0 Å². The third-order valence-electron chi connectivity index (χ3n) is 2.97. The molecule has 1 unspecified atom stereocenters. The van der Waals surface area contributed by atoms with Gasteiger partial charge in [-0.2, -0.15) is 0 Å². The van der Waals surface area contributed by atoms with Gasteiger partial charge < -0.3 is 9.84 Å². The van der Waals surface area contributed by atoms with Crippen LogP contribution in [-0.2, 0) is 6.42 Å². The highest BCUT2D eigenvalue weighted by Gasteiger charge is 2.22. The Morgan fingerprint density at radius 3 is 3.13 bits per heavy atom. The van der Waals surface area contributed by atoms with Gasteiger partial charge in [0.1, 0.15) is 5.76 Å². The molecule has 0 aliphatic carbocycles. The first-order valence-electron chi connectivity index (χ1n) is 5.91. The van der Waals surface area contributed by atoms with E-state index in [4.69, 9.17) is 4.52 Å². The zero-order valence-electron chi connectivity index (χ0n) is 9.62. The fraction of sp³-hybridized carbons (Fsp3) is 0.750. The highest BCUT2D eigenvalue weighted by molar-refractivity contribution is 5.19. The van der Waals surface area contributed by atoms with Crippen molar-refractivity contribution in [3.8, 4) is 0 Å². The van der Waals surface area contributed by atoms with Crippen LogP contribution in [0.5, 0.6) is 0 Å². The molecule has 1 aliphatic heterocycles. The Hall–Kier alpha value is -0.830. The summed E-state index contributed by atoms with van der Waals surface area (Å²) in [4.78, 5) is 0. The van der Waals surface area contributed by atoms with E-state index < -0.39 is 0 Å². The lowest BCUT2D eigenvalue weighted by molar-refractivity contribution is 0.326. The normalized spacial score (nSPS) is 22.2. The first kappa shape index (κ1) is 10.7. The molecule has 0 bridgehead atoms. The molecule has 0 aromatic carbocycles. The lowest BCUT2D eigenvalue weighted by atomic mass is 9.92. The van der Waals surface area contributed by atoms with Crippen LogP contribution in [0.1, 0.15) is 43.9 Å². The van der Waals surface area contributed by atoms with Crippen molar-refractivity contribution in [2.24, 2.45) is 5.92 Å². The van der Waals surface area contributed by atoms with Gasteiger partial charge in [0.05, 0.1) is 6.20 Å². The van der Waals surface area contributed by atoms with Gasteiger partial charge >= 0.3 is 0 Å². The molecule has 84 valence electrons. The van der Waals surface area contributed by atoms with Crippen molar-refractivity contribution in [2.75, 3.05) is 13.1 Å². The average molecular weight is 208 g/mol. The number of nitrogens with zero attached hydrogens (tertiary/aromatic N) is 1. The average Bonchev–Trinajstić information content (AvgIpc) is 2.66. The summed E-state index contributed by atoms with van der Waals surface area (Å²) in [5, 5.41) is 7.36. The van der Waals surface area contributed by atoms with Crippen molar-refractivity contribution >= 4 is 0 Å². The number of nitrogens with one attached hydrogen (secondary N) is 1. The molecule has 1 N–H and O–H groups in total. The van der Waals surface area contributed by atoms with E-state index in [1.165, 1.54) is 18.4 Å². The molecule has 1 aromatic rings. The van der Waals surface area contributed by atoms with E-state index in [-0.39, 0.29) is 0 Å². The number of piperidine rings is 1. The second-order valence-electron chi connectivity index (χ2n) is 4.86. The molecule has 1 atom stereocenters. The van der Waals surface area contributed by atoms with Gasteiger partial charge in [0.15, 0.2) is 0 Å². The van der Waals surface area contributed by atoms with Crippen molar-refractivity contribution < 1.29 is 4.52 Å². The fourth-order valence-corrected chi connectivity index (χ4v) is 2.27. The summed E-state index contributed by atoms with van der Waals surface area (Å²) in [6.07, 6.45) is 5.44. The Morgan fingerprint density at radius 2 is 2.47 bits per heavy atom. The molecule has 1 aromatic heterocycles. The molecule has 0 amide bonds. The third-order valence-corrected chi connectivity index (χ3v) is 2.97. The zero-order valence-corrected chi connectivity index (χ0v) is 9.62. The fourth-order valence-electron chi connectivity index (χ4n) is 2.27. The van der Waals surface area contributed by atoms with Crippen LogP contribution in [0, 0.1) is 5.92 Å². The van der Waals surface area contributed by atoms with Crippen molar-refractivity contribution in [3.63, 3.8) is 0 Å². The van der Waals surface area contributed by atoms with Crippen LogP contribution in [0.15, 0.2) is 10.7 Å². The number of aromatic nitrogens is 1. The molecule has 1 saturated heterocycles. The summed E-state index contributed by atoms with van der Waals surface area (Å²) in [5.41, 5.74) is 1.30. The molecule has 0 spiro atoms. The van der Waals surface area contributed by atoms with E-state index in [9.17, 15) is 0 Å². The number of hydrogen-bond donors (Lipinski definition) is 1. The maximum absolute atomic E-state index is 5.42. The SMILES string of the molecule is CC(C)Cc1cnoc1C1CCCNC1. The molecule has 0 radical (unpaired) electrons. The maximum Gasteiger partial charge on any atom is 0.144 e. The molecule has 1 aliphatic rings. The van der Waals surface area contributed by atoms with Gasteiger partial charge in [-0.25, -0.2) is 0 Å². The van der Waals surface area contributed by atoms with Crippen molar-refractivity contribution in [2.45, 2.75) is 39.0 Å². The van der Waals surface area contributed by atoms with Gasteiger partial charge in [0.2, 0.25) is 0 Å². The lowest BCUT2D eigenvalue weighted by Gasteiger charge is -2.21. The lowest BCUT2D eigenvalue weighted by Crippen LogP contribution is -2.28. The molecular formula is C12H20N2O. The molecule has 3 heteroatoms. The second kappa shape index (κ2) is 4.79. The molecule has 0 saturated carbocycles. The first-order valence-corrected chi connectivity index (χ1v) is 5.91. The topological polar surface area (TPSA) is 38.1 Å². The predicted octanol–water partition coefficient (Wildman–Crippen LogP) is 2.34. The Kier molecular flexibility index (Phi) is 3.41. The summed E-state index contributed by atoms with van der Waals surface area (Å²) in [6.45, 7) is 6.65. The van der Waals surface area contributed by atoms with Gasteiger partial charge in [-0.1, -0.05) is 19.0 Å². The van der Waals surface area contributed by atoms with Crippen LogP contribution < -0.4 is 5.32 Å². The first-order chi connectivity index (χ1) is 7.27. The summed E-state index contributed by atoms with van der Waals surface area (Å²) >= 11 is 0.